The van der Waals surface area contributed by atoms with E-state index in [1.165, 1.54) is 0 Å². The minimum atomic E-state index is -1.51. The zero-order valence-corrected chi connectivity index (χ0v) is 21.1. The molecule has 1 atom stereocenters. The molecule has 0 aromatic heterocycles. The van der Waals surface area contributed by atoms with Crippen molar-refractivity contribution in [3.8, 4) is 17.2 Å². The molecular weight excluding hydrogens is 520 g/mol. The molecule has 4 aromatic rings. The highest BCUT2D eigenvalue weighted by Crippen LogP contribution is 2.34. The molecule has 0 saturated heterocycles. The van der Waals surface area contributed by atoms with E-state index in [4.69, 9.17) is 14.2 Å². The van der Waals surface area contributed by atoms with Crippen LogP contribution in [-0.4, -0.2) is 16.6 Å². The second-order valence-corrected chi connectivity index (χ2v) is 9.60. The molecule has 0 saturated carbocycles. The van der Waals surface area contributed by atoms with Crippen LogP contribution in [0.3, 0.4) is 0 Å². The van der Waals surface area contributed by atoms with Crippen LogP contribution in [0.2, 0.25) is 0 Å². The fourth-order valence-corrected chi connectivity index (χ4v) is 3.91. The minimum Gasteiger partial charge on any atom is -0.485 e. The van der Waals surface area contributed by atoms with Crippen LogP contribution in [0.15, 0.2) is 109 Å². The van der Waals surface area contributed by atoms with Gasteiger partial charge >= 0.3 is 5.97 Å². The lowest BCUT2D eigenvalue weighted by molar-refractivity contribution is -0.138. The first-order valence-electron chi connectivity index (χ1n) is 11.4. The number of rotatable bonds is 11. The SMILES string of the molecule is O=CC(Br)(Cc1ccccc1)C(=O)Oc1ccc(OCc2ccccc2)c(OCc2ccccc2)c1. The van der Waals surface area contributed by atoms with Crippen LogP contribution >= 0.6 is 15.9 Å². The second-order valence-electron chi connectivity index (χ2n) is 8.19. The normalized spacial score (nSPS) is 12.2. The van der Waals surface area contributed by atoms with Crippen LogP contribution in [0.25, 0.3) is 0 Å². The highest BCUT2D eigenvalue weighted by atomic mass is 79.9. The van der Waals surface area contributed by atoms with Gasteiger partial charge in [-0.2, -0.15) is 0 Å². The summed E-state index contributed by atoms with van der Waals surface area (Å²) in [5, 5.41) is 0. The first-order valence-corrected chi connectivity index (χ1v) is 12.2. The molecule has 4 rings (SSSR count). The van der Waals surface area contributed by atoms with Crippen molar-refractivity contribution in [1.82, 2.24) is 0 Å². The third-order valence-electron chi connectivity index (χ3n) is 5.43. The molecule has 0 amide bonds. The Morgan fingerprint density at radius 1 is 0.694 bits per heavy atom. The van der Waals surface area contributed by atoms with E-state index in [-0.39, 0.29) is 12.2 Å². The minimum absolute atomic E-state index is 0.159. The van der Waals surface area contributed by atoms with Gasteiger partial charge in [-0.1, -0.05) is 107 Å². The Morgan fingerprint density at radius 3 is 1.72 bits per heavy atom. The number of benzene rings is 4. The summed E-state index contributed by atoms with van der Waals surface area (Å²) in [6, 6.07) is 33.7. The number of ether oxygens (including phenoxy) is 3. The van der Waals surface area contributed by atoms with Gasteiger partial charge in [0, 0.05) is 12.5 Å². The first-order chi connectivity index (χ1) is 17.6. The number of halogens is 1. The number of carbonyl (C=O) groups is 2. The quantitative estimate of drug-likeness (QED) is 0.0726. The standard InChI is InChI=1S/C30H25BrO5/c31-30(22-32,19-23-10-4-1-5-11-23)29(33)36-26-16-17-27(34-20-24-12-6-2-7-13-24)28(18-26)35-21-25-14-8-3-9-15-25/h1-18,22H,19-21H2. The smallest absolute Gasteiger partial charge is 0.335 e. The van der Waals surface area contributed by atoms with E-state index in [1.807, 2.05) is 91.0 Å². The van der Waals surface area contributed by atoms with Gasteiger partial charge < -0.3 is 19.0 Å². The third-order valence-corrected chi connectivity index (χ3v) is 6.22. The highest BCUT2D eigenvalue weighted by Gasteiger charge is 2.38. The maximum Gasteiger partial charge on any atom is 0.335 e. The molecule has 0 aliphatic rings. The molecule has 1 unspecified atom stereocenters. The highest BCUT2D eigenvalue weighted by molar-refractivity contribution is 9.10. The van der Waals surface area contributed by atoms with Crippen LogP contribution in [0.5, 0.6) is 17.2 Å². The fraction of sp³-hybridized carbons (Fsp3) is 0.133. The zero-order valence-electron chi connectivity index (χ0n) is 19.5. The molecule has 182 valence electrons. The van der Waals surface area contributed by atoms with Crippen molar-refractivity contribution in [2.75, 3.05) is 0 Å². The Morgan fingerprint density at radius 2 is 1.19 bits per heavy atom. The molecule has 5 nitrogen and oxygen atoms in total. The van der Waals surface area contributed by atoms with E-state index in [0.29, 0.717) is 31.0 Å². The van der Waals surface area contributed by atoms with Crippen molar-refractivity contribution in [3.05, 3.63) is 126 Å². The molecule has 0 heterocycles. The van der Waals surface area contributed by atoms with Gasteiger partial charge in [-0.15, -0.1) is 0 Å². The van der Waals surface area contributed by atoms with Crippen LogP contribution < -0.4 is 14.2 Å². The summed E-state index contributed by atoms with van der Waals surface area (Å²) in [4.78, 5) is 24.9. The lowest BCUT2D eigenvalue weighted by atomic mass is 10.0. The summed E-state index contributed by atoms with van der Waals surface area (Å²) in [5.74, 6) is 0.468. The Hall–Kier alpha value is -3.90. The largest absolute Gasteiger partial charge is 0.485 e. The van der Waals surface area contributed by atoms with Gasteiger partial charge in [-0.25, -0.2) is 4.79 Å². The maximum atomic E-state index is 13.0. The van der Waals surface area contributed by atoms with Gasteiger partial charge in [0.1, 0.15) is 25.2 Å². The molecule has 0 N–H and O–H groups in total. The van der Waals surface area contributed by atoms with Crippen molar-refractivity contribution in [2.45, 2.75) is 24.0 Å². The van der Waals surface area contributed by atoms with E-state index in [0.717, 1.165) is 16.7 Å². The monoisotopic (exact) mass is 544 g/mol. The molecule has 0 aliphatic heterocycles. The predicted octanol–water partition coefficient (Wildman–Crippen LogP) is 6.33. The molecule has 0 fully saturated rings. The van der Waals surface area contributed by atoms with Crippen molar-refractivity contribution in [1.29, 1.82) is 0 Å². The average Bonchev–Trinajstić information content (AvgIpc) is 2.93. The van der Waals surface area contributed by atoms with Gasteiger partial charge in [0.2, 0.25) is 0 Å². The molecule has 0 radical (unpaired) electrons. The third kappa shape index (κ3) is 6.83. The Bertz CT molecular complexity index is 1280. The number of hydrogen-bond donors (Lipinski definition) is 0. The number of esters is 1. The lowest BCUT2D eigenvalue weighted by Crippen LogP contribution is -2.39. The zero-order chi connectivity index (χ0) is 25.2. The number of aldehydes is 1. The van der Waals surface area contributed by atoms with E-state index in [1.54, 1.807) is 18.2 Å². The van der Waals surface area contributed by atoms with E-state index < -0.39 is 10.3 Å². The Balaban J connectivity index is 1.52. The summed E-state index contributed by atoms with van der Waals surface area (Å²) >= 11 is 3.29. The summed E-state index contributed by atoms with van der Waals surface area (Å²) in [6.07, 6.45) is 0.721. The molecule has 0 bridgehead atoms. The number of alkyl halides is 1. The molecule has 0 spiro atoms. The molecule has 36 heavy (non-hydrogen) atoms. The van der Waals surface area contributed by atoms with E-state index >= 15 is 0 Å². The fourth-order valence-electron chi connectivity index (χ4n) is 3.50. The van der Waals surface area contributed by atoms with E-state index in [9.17, 15) is 9.59 Å². The summed E-state index contributed by atoms with van der Waals surface area (Å²) in [7, 11) is 0. The number of carbonyl (C=O) groups excluding carboxylic acids is 2. The molecule has 6 heteroatoms. The Kier molecular flexibility index (Phi) is 8.53. The van der Waals surface area contributed by atoms with Crippen molar-refractivity contribution < 1.29 is 23.8 Å². The van der Waals surface area contributed by atoms with Gasteiger partial charge in [0.15, 0.2) is 15.8 Å². The topological polar surface area (TPSA) is 61.8 Å². The summed E-state index contributed by atoms with van der Waals surface area (Å²) in [6.45, 7) is 0.666. The van der Waals surface area contributed by atoms with Crippen LogP contribution in [0, 0.1) is 0 Å². The maximum absolute atomic E-state index is 13.0. The van der Waals surface area contributed by atoms with Gasteiger partial charge in [-0.3, -0.25) is 0 Å². The van der Waals surface area contributed by atoms with Crippen LogP contribution in [0.1, 0.15) is 16.7 Å². The van der Waals surface area contributed by atoms with Gasteiger partial charge in [0.05, 0.1) is 0 Å². The van der Waals surface area contributed by atoms with Crippen LogP contribution in [0.4, 0.5) is 0 Å². The average molecular weight is 545 g/mol. The lowest BCUT2D eigenvalue weighted by Gasteiger charge is -2.20. The molecule has 4 aromatic carbocycles. The number of hydrogen-bond acceptors (Lipinski definition) is 5. The first kappa shape index (κ1) is 25.2. The van der Waals surface area contributed by atoms with Crippen molar-refractivity contribution >= 4 is 28.2 Å². The molecule has 0 aliphatic carbocycles. The van der Waals surface area contributed by atoms with E-state index in [2.05, 4.69) is 15.9 Å². The summed E-state index contributed by atoms with van der Waals surface area (Å²) in [5.41, 5.74) is 2.82. The summed E-state index contributed by atoms with van der Waals surface area (Å²) < 4.78 is 16.1. The van der Waals surface area contributed by atoms with Gasteiger partial charge in [0.25, 0.3) is 0 Å². The van der Waals surface area contributed by atoms with Crippen molar-refractivity contribution in [2.24, 2.45) is 0 Å². The van der Waals surface area contributed by atoms with Crippen LogP contribution in [-0.2, 0) is 29.2 Å². The van der Waals surface area contributed by atoms with Gasteiger partial charge in [-0.05, 0) is 28.8 Å². The predicted molar refractivity (Wildman–Crippen MR) is 141 cm³/mol. The molecular formula is C30H25BrO5. The Labute approximate surface area is 218 Å². The second kappa shape index (κ2) is 12.2. The van der Waals surface area contributed by atoms with Crippen molar-refractivity contribution in [3.63, 3.8) is 0 Å².